The molecular formula is C22H31N5O5. The van der Waals surface area contributed by atoms with Crippen LogP contribution in [-0.2, 0) is 16.6 Å². The second kappa shape index (κ2) is 10.4. The zero-order chi connectivity index (χ0) is 23.3. The summed E-state index contributed by atoms with van der Waals surface area (Å²) in [6.45, 7) is 5.70. The van der Waals surface area contributed by atoms with E-state index in [0.717, 1.165) is 25.7 Å². The van der Waals surface area contributed by atoms with Crippen LogP contribution in [0.4, 0.5) is 10.6 Å². The summed E-state index contributed by atoms with van der Waals surface area (Å²) in [6, 6.07) is 3.54. The molecule has 0 aliphatic heterocycles. The monoisotopic (exact) mass is 445 g/mol. The van der Waals surface area contributed by atoms with Crippen LogP contribution in [0.25, 0.3) is 11.4 Å². The van der Waals surface area contributed by atoms with Gasteiger partial charge < -0.3 is 14.6 Å². The van der Waals surface area contributed by atoms with Crippen molar-refractivity contribution in [3.05, 3.63) is 17.8 Å². The summed E-state index contributed by atoms with van der Waals surface area (Å²) in [7, 11) is 1.67. The van der Waals surface area contributed by atoms with Crippen molar-refractivity contribution in [3.63, 3.8) is 0 Å². The summed E-state index contributed by atoms with van der Waals surface area (Å²) < 4.78 is 12.9. The van der Waals surface area contributed by atoms with Gasteiger partial charge in [-0.15, -0.1) is 5.10 Å². The van der Waals surface area contributed by atoms with Crippen LogP contribution in [0.15, 0.2) is 12.1 Å². The molecule has 0 radical (unpaired) electrons. The number of rotatable bonds is 8. The van der Waals surface area contributed by atoms with Crippen LogP contribution in [0, 0.1) is 12.8 Å². The maximum Gasteiger partial charge on any atom is 0.413 e. The van der Waals surface area contributed by atoms with E-state index in [0.29, 0.717) is 41.5 Å². The first-order valence-electron chi connectivity index (χ1n) is 11.0. The Balaban J connectivity index is 1.72. The van der Waals surface area contributed by atoms with E-state index in [1.807, 2.05) is 20.8 Å². The number of aromatic nitrogens is 4. The van der Waals surface area contributed by atoms with Crippen molar-refractivity contribution in [3.8, 4) is 17.1 Å². The number of hydrogen-bond donors (Lipinski definition) is 2. The van der Waals surface area contributed by atoms with Crippen molar-refractivity contribution >= 4 is 17.9 Å². The third kappa shape index (κ3) is 5.74. The number of anilines is 1. The van der Waals surface area contributed by atoms with Crippen molar-refractivity contribution in [1.29, 1.82) is 0 Å². The van der Waals surface area contributed by atoms with Crippen molar-refractivity contribution < 1.29 is 24.2 Å². The maximum absolute atomic E-state index is 12.3. The van der Waals surface area contributed by atoms with Crippen molar-refractivity contribution in [1.82, 2.24) is 20.0 Å². The van der Waals surface area contributed by atoms with E-state index in [-0.39, 0.29) is 18.1 Å². The molecule has 1 aliphatic rings. The van der Waals surface area contributed by atoms with Crippen LogP contribution in [0.1, 0.15) is 58.1 Å². The van der Waals surface area contributed by atoms with Crippen LogP contribution in [0.5, 0.6) is 5.75 Å². The van der Waals surface area contributed by atoms with Gasteiger partial charge >= 0.3 is 12.1 Å². The van der Waals surface area contributed by atoms with Crippen molar-refractivity contribution in [2.75, 3.05) is 5.32 Å². The third-order valence-electron chi connectivity index (χ3n) is 5.60. The summed E-state index contributed by atoms with van der Waals surface area (Å²) in [5, 5.41) is 20.1. The molecule has 3 atom stereocenters. The molecule has 3 rings (SSSR count). The number of hydrogen-bond acceptors (Lipinski definition) is 7. The molecule has 2 heterocycles. The summed E-state index contributed by atoms with van der Waals surface area (Å²) in [4.78, 5) is 28.2. The normalized spacial score (nSPS) is 19.2. The fourth-order valence-corrected chi connectivity index (χ4v) is 3.90. The standard InChI is InChI=1S/C22H31N5O5/c1-5-7-13(2)31-22(30)24-20-19(25-26-27(20)4)17-10-11-18(14(3)23-17)32-16-9-6-8-15(12-16)21(28)29/h10-11,13,15-16H,5-9,12H2,1-4H3,(H,24,30)(H,28,29)/t13?,15-,16-/m0/s1. The lowest BCUT2D eigenvalue weighted by molar-refractivity contribution is -0.143. The van der Waals surface area contributed by atoms with E-state index in [1.54, 1.807) is 19.2 Å². The van der Waals surface area contributed by atoms with Crippen molar-refractivity contribution in [2.45, 2.75) is 71.5 Å². The highest BCUT2D eigenvalue weighted by atomic mass is 16.6. The first-order valence-corrected chi connectivity index (χ1v) is 11.0. The van der Waals surface area contributed by atoms with E-state index in [4.69, 9.17) is 9.47 Å². The third-order valence-corrected chi connectivity index (χ3v) is 5.60. The van der Waals surface area contributed by atoms with Gasteiger partial charge in [0.05, 0.1) is 23.4 Å². The van der Waals surface area contributed by atoms with E-state index in [9.17, 15) is 14.7 Å². The van der Waals surface area contributed by atoms with E-state index >= 15 is 0 Å². The zero-order valence-corrected chi connectivity index (χ0v) is 19.0. The molecule has 1 amide bonds. The van der Waals surface area contributed by atoms with Gasteiger partial charge in [-0.2, -0.15) is 0 Å². The number of aryl methyl sites for hydroxylation is 2. The molecule has 2 aromatic rings. The number of pyridine rings is 1. The highest BCUT2D eigenvalue weighted by Gasteiger charge is 2.28. The molecule has 10 heteroatoms. The molecule has 2 N–H and O–H groups in total. The Labute approximate surface area is 187 Å². The average molecular weight is 446 g/mol. The first-order chi connectivity index (χ1) is 15.3. The summed E-state index contributed by atoms with van der Waals surface area (Å²) in [6.07, 6.45) is 3.62. The Morgan fingerprint density at radius 1 is 1.34 bits per heavy atom. The number of nitrogens with zero attached hydrogens (tertiary/aromatic N) is 4. The number of ether oxygens (including phenoxy) is 2. The quantitative estimate of drug-likeness (QED) is 0.625. The first kappa shape index (κ1) is 23.5. The number of carbonyl (C=O) groups excluding carboxylic acids is 1. The second-order valence-corrected chi connectivity index (χ2v) is 8.26. The Morgan fingerprint density at radius 3 is 2.81 bits per heavy atom. The van der Waals surface area contributed by atoms with Crippen LogP contribution in [0.3, 0.4) is 0 Å². The molecular weight excluding hydrogens is 414 g/mol. The minimum Gasteiger partial charge on any atom is -0.489 e. The topological polar surface area (TPSA) is 128 Å². The second-order valence-electron chi connectivity index (χ2n) is 8.26. The summed E-state index contributed by atoms with van der Waals surface area (Å²) in [5.74, 6) is -0.144. The summed E-state index contributed by atoms with van der Waals surface area (Å²) in [5.41, 5.74) is 1.61. The van der Waals surface area contributed by atoms with Crippen LogP contribution >= 0.6 is 0 Å². The van der Waals surface area contributed by atoms with Gasteiger partial charge in [-0.3, -0.25) is 10.1 Å². The number of carboxylic acids is 1. The molecule has 1 saturated carbocycles. The fraction of sp³-hybridized carbons (Fsp3) is 0.591. The van der Waals surface area contributed by atoms with Crippen LogP contribution < -0.4 is 10.1 Å². The van der Waals surface area contributed by atoms with Gasteiger partial charge in [0, 0.05) is 7.05 Å². The van der Waals surface area contributed by atoms with Crippen LogP contribution in [-0.4, -0.2) is 49.4 Å². The Bertz CT molecular complexity index is 960. The molecule has 1 fully saturated rings. The average Bonchev–Trinajstić information content (AvgIpc) is 3.10. The van der Waals surface area contributed by atoms with Gasteiger partial charge in [0.15, 0.2) is 11.5 Å². The van der Waals surface area contributed by atoms with Gasteiger partial charge in [-0.05, 0) is 58.1 Å². The SMILES string of the molecule is CCCC(C)OC(=O)Nc1c(-c2ccc(O[C@H]3CCC[C@H](C(=O)O)C3)c(C)n2)nnn1C. The van der Waals surface area contributed by atoms with Crippen molar-refractivity contribution in [2.24, 2.45) is 13.0 Å². The van der Waals surface area contributed by atoms with E-state index in [1.165, 1.54) is 4.68 Å². The molecule has 174 valence electrons. The number of nitrogens with one attached hydrogen (secondary N) is 1. The molecule has 0 spiro atoms. The predicted octanol–water partition coefficient (Wildman–Crippen LogP) is 3.94. The smallest absolute Gasteiger partial charge is 0.413 e. The summed E-state index contributed by atoms with van der Waals surface area (Å²) >= 11 is 0. The lowest BCUT2D eigenvalue weighted by Crippen LogP contribution is -2.29. The minimum atomic E-state index is -0.770. The maximum atomic E-state index is 12.3. The predicted molar refractivity (Wildman–Crippen MR) is 117 cm³/mol. The lowest BCUT2D eigenvalue weighted by atomic mass is 9.87. The van der Waals surface area contributed by atoms with E-state index < -0.39 is 12.1 Å². The van der Waals surface area contributed by atoms with Gasteiger partial charge in [-0.25, -0.2) is 14.5 Å². The number of carbonyl (C=O) groups is 2. The molecule has 32 heavy (non-hydrogen) atoms. The lowest BCUT2D eigenvalue weighted by Gasteiger charge is -2.27. The molecule has 0 aromatic carbocycles. The van der Waals surface area contributed by atoms with Gasteiger partial charge in [-0.1, -0.05) is 18.6 Å². The number of aliphatic carboxylic acids is 1. The molecule has 0 bridgehead atoms. The van der Waals surface area contributed by atoms with Gasteiger partial charge in [0.25, 0.3) is 0 Å². The molecule has 0 saturated heterocycles. The fourth-order valence-electron chi connectivity index (χ4n) is 3.90. The van der Waals surface area contributed by atoms with Gasteiger partial charge in [0.1, 0.15) is 11.9 Å². The minimum absolute atomic E-state index is 0.148. The Morgan fingerprint density at radius 2 is 2.12 bits per heavy atom. The molecule has 1 aliphatic carbocycles. The highest BCUT2D eigenvalue weighted by molar-refractivity contribution is 5.88. The van der Waals surface area contributed by atoms with Gasteiger partial charge in [0.2, 0.25) is 0 Å². The molecule has 1 unspecified atom stereocenters. The molecule has 10 nitrogen and oxygen atoms in total. The zero-order valence-electron chi connectivity index (χ0n) is 19.0. The number of carboxylic acid groups (broad SMARTS) is 1. The number of amides is 1. The van der Waals surface area contributed by atoms with Crippen LogP contribution in [0.2, 0.25) is 0 Å². The Hall–Kier alpha value is -3.17. The largest absolute Gasteiger partial charge is 0.489 e. The van der Waals surface area contributed by atoms with E-state index in [2.05, 4.69) is 20.6 Å². The highest BCUT2D eigenvalue weighted by Crippen LogP contribution is 2.31. The Kier molecular flexibility index (Phi) is 7.66. The molecule has 2 aromatic heterocycles.